The molecule has 1 rings (SSSR count). The number of rotatable bonds is 4. The normalized spacial score (nSPS) is 16.7. The number of halogens is 1. The summed E-state index contributed by atoms with van der Waals surface area (Å²) in [6.45, 7) is 0.610. The second kappa shape index (κ2) is 5.22. The fourth-order valence-electron chi connectivity index (χ4n) is 1.42. The van der Waals surface area contributed by atoms with E-state index in [1.54, 1.807) is 0 Å². The van der Waals surface area contributed by atoms with E-state index in [0.29, 0.717) is 25.3 Å². The van der Waals surface area contributed by atoms with E-state index in [0.717, 1.165) is 19.3 Å². The van der Waals surface area contributed by atoms with Gasteiger partial charge in [-0.2, -0.15) is 0 Å². The molecule has 0 aliphatic carbocycles. The van der Waals surface area contributed by atoms with Gasteiger partial charge < -0.3 is 0 Å². The van der Waals surface area contributed by atoms with Gasteiger partial charge in [0.2, 0.25) is 11.8 Å². The molecule has 1 aliphatic heterocycles. The van der Waals surface area contributed by atoms with Gasteiger partial charge in [0.1, 0.15) is 0 Å². The van der Waals surface area contributed by atoms with E-state index in [9.17, 15) is 9.59 Å². The minimum atomic E-state index is -0.0346. The van der Waals surface area contributed by atoms with Crippen molar-refractivity contribution in [2.45, 2.75) is 32.1 Å². The van der Waals surface area contributed by atoms with Gasteiger partial charge in [-0.05, 0) is 19.3 Å². The Bertz CT molecular complexity index is 206. The molecule has 0 unspecified atom stereocenters. The quantitative estimate of drug-likeness (QED) is 0.514. The summed E-state index contributed by atoms with van der Waals surface area (Å²) in [5.41, 5.74) is 0. The summed E-state index contributed by atoms with van der Waals surface area (Å²) >= 11 is 5.48. The monoisotopic (exact) mass is 203 g/mol. The molecule has 3 nitrogen and oxygen atoms in total. The van der Waals surface area contributed by atoms with Crippen LogP contribution in [0.25, 0.3) is 0 Å². The molecule has 0 bridgehead atoms. The standard InChI is InChI=1S/C9H14ClNO2/c10-6-2-1-4-8(12)11-7-3-5-9(11)13/h1-7H2. The molecule has 74 valence electrons. The maximum Gasteiger partial charge on any atom is 0.229 e. The van der Waals surface area contributed by atoms with Gasteiger partial charge >= 0.3 is 0 Å². The average Bonchev–Trinajstić information content (AvgIpc) is 2.52. The van der Waals surface area contributed by atoms with Crippen LogP contribution in [0.1, 0.15) is 32.1 Å². The molecule has 1 aliphatic rings. The molecule has 4 heteroatoms. The van der Waals surface area contributed by atoms with Crippen LogP contribution in [0, 0.1) is 0 Å². The highest BCUT2D eigenvalue weighted by atomic mass is 35.5. The first-order chi connectivity index (χ1) is 6.25. The molecule has 0 saturated carbocycles. The lowest BCUT2D eigenvalue weighted by molar-refractivity contribution is -0.141. The van der Waals surface area contributed by atoms with E-state index in [1.165, 1.54) is 4.90 Å². The first-order valence-corrected chi connectivity index (χ1v) is 5.18. The first-order valence-electron chi connectivity index (χ1n) is 4.65. The zero-order valence-electron chi connectivity index (χ0n) is 7.59. The summed E-state index contributed by atoms with van der Waals surface area (Å²) in [5.74, 6) is 0.532. The summed E-state index contributed by atoms with van der Waals surface area (Å²) in [6.07, 6.45) is 3.43. The molecule has 0 radical (unpaired) electrons. The van der Waals surface area contributed by atoms with Crippen LogP contribution in [-0.2, 0) is 9.59 Å². The highest BCUT2D eigenvalue weighted by molar-refractivity contribution is 6.17. The summed E-state index contributed by atoms with van der Waals surface area (Å²) < 4.78 is 0. The Labute approximate surface area is 83.0 Å². The van der Waals surface area contributed by atoms with Crippen molar-refractivity contribution in [2.24, 2.45) is 0 Å². The smallest absolute Gasteiger partial charge is 0.229 e. The number of carbonyl (C=O) groups excluding carboxylic acids is 2. The van der Waals surface area contributed by atoms with Gasteiger partial charge in [0.25, 0.3) is 0 Å². The van der Waals surface area contributed by atoms with Crippen LogP contribution in [0.4, 0.5) is 0 Å². The lowest BCUT2D eigenvalue weighted by Gasteiger charge is -2.12. The summed E-state index contributed by atoms with van der Waals surface area (Å²) in [7, 11) is 0. The summed E-state index contributed by atoms with van der Waals surface area (Å²) in [6, 6.07) is 0. The van der Waals surface area contributed by atoms with Crippen LogP contribution in [0.5, 0.6) is 0 Å². The predicted molar refractivity (Wildman–Crippen MR) is 50.5 cm³/mol. The van der Waals surface area contributed by atoms with Gasteiger partial charge in [-0.15, -0.1) is 11.6 Å². The zero-order valence-corrected chi connectivity index (χ0v) is 8.35. The molecule has 1 fully saturated rings. The minimum Gasteiger partial charge on any atom is -0.283 e. The Morgan fingerprint density at radius 1 is 1.46 bits per heavy atom. The fourth-order valence-corrected chi connectivity index (χ4v) is 1.61. The molecule has 1 heterocycles. The lowest BCUT2D eigenvalue weighted by atomic mass is 10.2. The van der Waals surface area contributed by atoms with Crippen molar-refractivity contribution < 1.29 is 9.59 Å². The second-order valence-corrected chi connectivity index (χ2v) is 3.57. The molecule has 0 N–H and O–H groups in total. The molecule has 0 aromatic rings. The van der Waals surface area contributed by atoms with Crippen LogP contribution < -0.4 is 0 Å². The number of unbranched alkanes of at least 4 members (excludes halogenated alkanes) is 1. The third-order valence-corrected chi connectivity index (χ3v) is 2.42. The van der Waals surface area contributed by atoms with Crippen molar-refractivity contribution in [3.05, 3.63) is 0 Å². The molecule has 0 aromatic heterocycles. The van der Waals surface area contributed by atoms with E-state index in [1.807, 2.05) is 0 Å². The van der Waals surface area contributed by atoms with Crippen LogP contribution in [0.3, 0.4) is 0 Å². The van der Waals surface area contributed by atoms with Gasteiger partial charge in [0.05, 0.1) is 0 Å². The number of amides is 2. The number of imide groups is 1. The van der Waals surface area contributed by atoms with E-state index >= 15 is 0 Å². The average molecular weight is 204 g/mol. The van der Waals surface area contributed by atoms with Gasteiger partial charge in [-0.1, -0.05) is 0 Å². The van der Waals surface area contributed by atoms with Crippen molar-refractivity contribution in [3.8, 4) is 0 Å². The SMILES string of the molecule is O=C(CCCCCl)N1CCCC1=O. The first kappa shape index (κ1) is 10.5. The number of hydrogen-bond donors (Lipinski definition) is 0. The fraction of sp³-hybridized carbons (Fsp3) is 0.778. The molecule has 2 amide bonds. The topological polar surface area (TPSA) is 37.4 Å². The van der Waals surface area contributed by atoms with Crippen molar-refractivity contribution in [1.29, 1.82) is 0 Å². The molecular formula is C9H14ClNO2. The second-order valence-electron chi connectivity index (χ2n) is 3.19. The van der Waals surface area contributed by atoms with Crippen molar-refractivity contribution in [3.63, 3.8) is 0 Å². The van der Waals surface area contributed by atoms with E-state index in [4.69, 9.17) is 11.6 Å². The van der Waals surface area contributed by atoms with E-state index in [-0.39, 0.29) is 11.8 Å². The number of nitrogens with zero attached hydrogens (tertiary/aromatic N) is 1. The van der Waals surface area contributed by atoms with Crippen LogP contribution in [0.2, 0.25) is 0 Å². The summed E-state index contributed by atoms with van der Waals surface area (Å²) in [5, 5.41) is 0. The lowest BCUT2D eigenvalue weighted by Crippen LogP contribution is -2.31. The Kier molecular flexibility index (Phi) is 4.22. The maximum absolute atomic E-state index is 11.4. The third-order valence-electron chi connectivity index (χ3n) is 2.15. The molecule has 1 saturated heterocycles. The minimum absolute atomic E-state index is 0.0177. The molecule has 0 spiro atoms. The Hall–Kier alpha value is -0.570. The Balaban J connectivity index is 2.26. The molecule has 0 aromatic carbocycles. The number of carbonyl (C=O) groups is 2. The summed E-state index contributed by atoms with van der Waals surface area (Å²) in [4.78, 5) is 23.9. The van der Waals surface area contributed by atoms with Crippen molar-refractivity contribution in [1.82, 2.24) is 4.90 Å². The molecule has 0 atom stereocenters. The van der Waals surface area contributed by atoms with Crippen molar-refractivity contribution in [2.75, 3.05) is 12.4 Å². The van der Waals surface area contributed by atoms with Gasteiger partial charge in [-0.25, -0.2) is 0 Å². The number of alkyl halides is 1. The third kappa shape index (κ3) is 2.99. The zero-order chi connectivity index (χ0) is 9.68. The number of hydrogen-bond acceptors (Lipinski definition) is 2. The van der Waals surface area contributed by atoms with Gasteiger partial charge in [0, 0.05) is 25.3 Å². The van der Waals surface area contributed by atoms with Crippen LogP contribution in [0.15, 0.2) is 0 Å². The molecular weight excluding hydrogens is 190 g/mol. The van der Waals surface area contributed by atoms with E-state index < -0.39 is 0 Å². The maximum atomic E-state index is 11.4. The van der Waals surface area contributed by atoms with Gasteiger partial charge in [-0.3, -0.25) is 14.5 Å². The predicted octanol–water partition coefficient (Wildman–Crippen LogP) is 1.54. The van der Waals surface area contributed by atoms with Gasteiger partial charge in [0.15, 0.2) is 0 Å². The Morgan fingerprint density at radius 2 is 2.23 bits per heavy atom. The number of likely N-dealkylation sites (tertiary alicyclic amines) is 1. The van der Waals surface area contributed by atoms with Crippen LogP contribution >= 0.6 is 11.6 Å². The van der Waals surface area contributed by atoms with E-state index in [2.05, 4.69) is 0 Å². The molecule has 13 heavy (non-hydrogen) atoms. The van der Waals surface area contributed by atoms with Crippen LogP contribution in [-0.4, -0.2) is 29.1 Å². The Morgan fingerprint density at radius 3 is 2.77 bits per heavy atom. The van der Waals surface area contributed by atoms with Crippen molar-refractivity contribution >= 4 is 23.4 Å². The largest absolute Gasteiger partial charge is 0.283 e. The highest BCUT2D eigenvalue weighted by Gasteiger charge is 2.25. The highest BCUT2D eigenvalue weighted by Crippen LogP contribution is 2.12.